The van der Waals surface area contributed by atoms with Gasteiger partial charge in [-0.25, -0.2) is 4.52 Å². The van der Waals surface area contributed by atoms with Gasteiger partial charge < -0.3 is 10.5 Å². The van der Waals surface area contributed by atoms with E-state index in [1.807, 2.05) is 0 Å². The van der Waals surface area contributed by atoms with Crippen LogP contribution in [0.3, 0.4) is 0 Å². The summed E-state index contributed by atoms with van der Waals surface area (Å²) in [7, 11) is 1.52. The van der Waals surface area contributed by atoms with Crippen LogP contribution < -0.4 is 10.5 Å². The van der Waals surface area contributed by atoms with Gasteiger partial charge in [0.1, 0.15) is 0 Å². The number of aromatic nitrogens is 3. The number of amides is 1. The minimum absolute atomic E-state index is 0.0190. The summed E-state index contributed by atoms with van der Waals surface area (Å²) in [4.78, 5) is 14.7. The van der Waals surface area contributed by atoms with Crippen LogP contribution in [0.1, 0.15) is 10.6 Å². The third kappa shape index (κ3) is 1.17. The maximum absolute atomic E-state index is 10.8. The lowest BCUT2D eigenvalue weighted by molar-refractivity contribution is 0.0990. The number of rotatable bonds is 2. The molecule has 2 N–H and O–H groups in total. The third-order valence-electron chi connectivity index (χ3n) is 1.77. The van der Waals surface area contributed by atoms with Gasteiger partial charge in [0.25, 0.3) is 5.91 Å². The average molecular weight is 192 g/mol. The van der Waals surface area contributed by atoms with E-state index in [4.69, 9.17) is 10.5 Å². The van der Waals surface area contributed by atoms with Crippen molar-refractivity contribution in [3.8, 4) is 5.75 Å². The molecule has 1 amide bonds. The van der Waals surface area contributed by atoms with Gasteiger partial charge in [-0.05, 0) is 12.1 Å². The van der Waals surface area contributed by atoms with Crippen LogP contribution in [0.25, 0.3) is 5.65 Å². The highest BCUT2D eigenvalue weighted by Gasteiger charge is 2.11. The number of carbonyl (C=O) groups excluding carboxylic acids is 1. The summed E-state index contributed by atoms with van der Waals surface area (Å²) in [6.07, 6.45) is 1.66. The van der Waals surface area contributed by atoms with Crippen LogP contribution in [0.2, 0.25) is 0 Å². The Morgan fingerprint density at radius 3 is 3.07 bits per heavy atom. The van der Waals surface area contributed by atoms with Crippen molar-refractivity contribution in [3.63, 3.8) is 0 Å². The molecule has 0 atom stereocenters. The van der Waals surface area contributed by atoms with Crippen molar-refractivity contribution in [2.45, 2.75) is 0 Å². The molecule has 14 heavy (non-hydrogen) atoms. The molecular weight excluding hydrogens is 184 g/mol. The first-order chi connectivity index (χ1) is 6.72. The molecule has 0 aromatic carbocycles. The van der Waals surface area contributed by atoms with Crippen molar-refractivity contribution in [3.05, 3.63) is 24.2 Å². The van der Waals surface area contributed by atoms with E-state index >= 15 is 0 Å². The summed E-state index contributed by atoms with van der Waals surface area (Å²) in [5.74, 6) is -0.127. The predicted molar refractivity (Wildman–Crippen MR) is 48.1 cm³/mol. The number of ether oxygens (including phenoxy) is 1. The highest BCUT2D eigenvalue weighted by molar-refractivity contribution is 5.89. The number of nitrogens with zero attached hydrogens (tertiary/aromatic N) is 3. The zero-order valence-corrected chi connectivity index (χ0v) is 7.47. The van der Waals surface area contributed by atoms with Crippen molar-refractivity contribution in [1.82, 2.24) is 14.6 Å². The highest BCUT2D eigenvalue weighted by atomic mass is 16.5. The molecule has 0 spiro atoms. The zero-order valence-electron chi connectivity index (χ0n) is 7.47. The van der Waals surface area contributed by atoms with Crippen LogP contribution in [0.4, 0.5) is 0 Å². The second kappa shape index (κ2) is 2.99. The molecule has 6 heteroatoms. The van der Waals surface area contributed by atoms with Gasteiger partial charge in [-0.15, -0.1) is 5.10 Å². The minimum atomic E-state index is -0.657. The molecule has 0 radical (unpaired) electrons. The van der Waals surface area contributed by atoms with Crippen molar-refractivity contribution in [2.75, 3.05) is 7.11 Å². The van der Waals surface area contributed by atoms with E-state index < -0.39 is 5.91 Å². The van der Waals surface area contributed by atoms with Gasteiger partial charge in [-0.3, -0.25) is 4.79 Å². The van der Waals surface area contributed by atoms with Gasteiger partial charge in [-0.2, -0.15) is 4.98 Å². The van der Waals surface area contributed by atoms with Crippen LogP contribution in [-0.2, 0) is 0 Å². The Hall–Kier alpha value is -2.11. The van der Waals surface area contributed by atoms with E-state index in [0.717, 1.165) is 0 Å². The molecule has 0 aliphatic rings. The van der Waals surface area contributed by atoms with Crippen molar-refractivity contribution in [2.24, 2.45) is 5.73 Å². The summed E-state index contributed by atoms with van der Waals surface area (Å²) in [6, 6.07) is 3.47. The van der Waals surface area contributed by atoms with E-state index in [1.165, 1.54) is 11.6 Å². The van der Waals surface area contributed by atoms with Gasteiger partial charge in [0.05, 0.1) is 7.11 Å². The normalized spacial score (nSPS) is 10.4. The number of hydrogen-bond donors (Lipinski definition) is 1. The number of primary amides is 1. The lowest BCUT2D eigenvalue weighted by atomic mass is 10.4. The van der Waals surface area contributed by atoms with Crippen molar-refractivity contribution < 1.29 is 9.53 Å². The van der Waals surface area contributed by atoms with E-state index in [-0.39, 0.29) is 5.82 Å². The number of carbonyl (C=O) groups is 1. The van der Waals surface area contributed by atoms with Gasteiger partial charge >= 0.3 is 0 Å². The maximum Gasteiger partial charge on any atom is 0.288 e. The highest BCUT2D eigenvalue weighted by Crippen LogP contribution is 2.16. The van der Waals surface area contributed by atoms with Crippen molar-refractivity contribution >= 4 is 11.6 Å². The second-order valence-electron chi connectivity index (χ2n) is 2.64. The van der Waals surface area contributed by atoms with E-state index in [2.05, 4.69) is 10.1 Å². The predicted octanol–water partition coefficient (Wildman–Crippen LogP) is -0.163. The molecule has 72 valence electrons. The molecule has 0 aliphatic heterocycles. The standard InChI is InChI=1S/C8H8N4O2/c1-14-5-3-2-4-12-8(5)10-7(11-12)6(9)13/h2-4H,1H3,(H2,9,13). The number of pyridine rings is 1. The maximum atomic E-state index is 10.8. The van der Waals surface area contributed by atoms with E-state index in [1.54, 1.807) is 18.3 Å². The van der Waals surface area contributed by atoms with Gasteiger partial charge in [-0.1, -0.05) is 0 Å². The molecule has 0 bridgehead atoms. The smallest absolute Gasteiger partial charge is 0.288 e. The fourth-order valence-electron chi connectivity index (χ4n) is 1.15. The Bertz CT molecular complexity index is 491. The van der Waals surface area contributed by atoms with Gasteiger partial charge in [0.2, 0.25) is 5.82 Å². The first-order valence-electron chi connectivity index (χ1n) is 3.91. The van der Waals surface area contributed by atoms with Gasteiger partial charge in [0, 0.05) is 6.20 Å². The van der Waals surface area contributed by atoms with Crippen LogP contribution in [0, 0.1) is 0 Å². The lowest BCUT2D eigenvalue weighted by Crippen LogP contribution is -2.12. The first-order valence-corrected chi connectivity index (χ1v) is 3.91. The van der Waals surface area contributed by atoms with Crippen LogP contribution in [0.5, 0.6) is 5.75 Å². The molecule has 2 aromatic heterocycles. The third-order valence-corrected chi connectivity index (χ3v) is 1.77. The summed E-state index contributed by atoms with van der Waals surface area (Å²) in [6.45, 7) is 0. The Morgan fingerprint density at radius 1 is 1.64 bits per heavy atom. The summed E-state index contributed by atoms with van der Waals surface area (Å²) in [5, 5.41) is 3.87. The van der Waals surface area contributed by atoms with Crippen LogP contribution in [0.15, 0.2) is 18.3 Å². The number of nitrogens with two attached hydrogens (primary N) is 1. The number of fused-ring (bicyclic) bond motifs is 1. The van der Waals surface area contributed by atoms with Crippen molar-refractivity contribution in [1.29, 1.82) is 0 Å². The molecular formula is C8H8N4O2. The molecule has 2 aromatic rings. The quantitative estimate of drug-likeness (QED) is 0.716. The molecule has 2 rings (SSSR count). The largest absolute Gasteiger partial charge is 0.493 e. The Balaban J connectivity index is 2.70. The molecule has 0 fully saturated rings. The number of methoxy groups -OCH3 is 1. The lowest BCUT2D eigenvalue weighted by Gasteiger charge is -1.98. The monoisotopic (exact) mass is 192 g/mol. The molecule has 0 aliphatic carbocycles. The fraction of sp³-hybridized carbons (Fsp3) is 0.125. The minimum Gasteiger partial charge on any atom is -0.493 e. The molecule has 0 unspecified atom stereocenters. The van der Waals surface area contributed by atoms with Crippen LogP contribution in [-0.4, -0.2) is 27.6 Å². The summed E-state index contributed by atoms with van der Waals surface area (Å²) in [5.41, 5.74) is 5.53. The molecule has 2 heterocycles. The summed E-state index contributed by atoms with van der Waals surface area (Å²) < 4.78 is 6.49. The SMILES string of the molecule is COc1cccn2nc(C(N)=O)nc12. The second-order valence-corrected chi connectivity index (χ2v) is 2.64. The average Bonchev–Trinajstić information content (AvgIpc) is 2.60. The Labute approximate surface area is 79.3 Å². The molecule has 6 nitrogen and oxygen atoms in total. The van der Waals surface area contributed by atoms with E-state index in [0.29, 0.717) is 11.4 Å². The number of hydrogen-bond acceptors (Lipinski definition) is 4. The first kappa shape index (κ1) is 8.49. The Morgan fingerprint density at radius 2 is 2.43 bits per heavy atom. The summed E-state index contributed by atoms with van der Waals surface area (Å²) >= 11 is 0. The van der Waals surface area contributed by atoms with E-state index in [9.17, 15) is 4.79 Å². The Kier molecular flexibility index (Phi) is 1.81. The van der Waals surface area contributed by atoms with Crippen LogP contribution >= 0.6 is 0 Å². The fourth-order valence-corrected chi connectivity index (χ4v) is 1.15. The molecule has 0 saturated carbocycles. The zero-order chi connectivity index (χ0) is 10.1. The van der Waals surface area contributed by atoms with Gasteiger partial charge in [0.15, 0.2) is 11.4 Å². The molecule has 0 saturated heterocycles. The topological polar surface area (TPSA) is 82.5 Å².